The van der Waals surface area contributed by atoms with Crippen molar-refractivity contribution in [3.05, 3.63) is 65.2 Å². The summed E-state index contributed by atoms with van der Waals surface area (Å²) in [4.78, 5) is 16.3. The van der Waals surface area contributed by atoms with E-state index in [1.54, 1.807) is 53.6 Å². The zero-order valence-electron chi connectivity index (χ0n) is 9.25. The van der Waals surface area contributed by atoms with Crippen molar-refractivity contribution < 1.29 is 4.79 Å². The van der Waals surface area contributed by atoms with Crippen LogP contribution in [0.15, 0.2) is 49.1 Å². The Morgan fingerprint density at radius 1 is 1.17 bits per heavy atom. The number of hydrogen-bond donors (Lipinski definition) is 0. The summed E-state index contributed by atoms with van der Waals surface area (Å²) in [6, 6.07) is 6.78. The van der Waals surface area contributed by atoms with Gasteiger partial charge in [-0.25, -0.2) is 4.52 Å². The lowest BCUT2D eigenvalue weighted by Gasteiger charge is -1.99. The van der Waals surface area contributed by atoms with E-state index in [1.165, 1.54) is 0 Å². The molecule has 0 aliphatic heterocycles. The van der Waals surface area contributed by atoms with Crippen LogP contribution < -0.4 is 0 Å². The molecule has 0 amide bonds. The van der Waals surface area contributed by atoms with Crippen molar-refractivity contribution in [2.45, 2.75) is 0 Å². The van der Waals surface area contributed by atoms with Gasteiger partial charge >= 0.3 is 0 Å². The third-order valence-electron chi connectivity index (χ3n) is 2.68. The molecule has 0 N–H and O–H groups in total. The third-order valence-corrected chi connectivity index (χ3v) is 2.93. The van der Waals surface area contributed by atoms with E-state index in [0.29, 0.717) is 21.7 Å². The van der Waals surface area contributed by atoms with Crippen LogP contribution in [-0.2, 0) is 0 Å². The maximum absolute atomic E-state index is 12.3. The second-order valence-electron chi connectivity index (χ2n) is 3.80. The number of carbonyl (C=O) groups is 1. The first-order valence-electron chi connectivity index (χ1n) is 5.33. The minimum absolute atomic E-state index is 0.0883. The van der Waals surface area contributed by atoms with Gasteiger partial charge in [-0.3, -0.25) is 9.78 Å². The molecule has 88 valence electrons. The van der Waals surface area contributed by atoms with E-state index in [9.17, 15) is 4.79 Å². The van der Waals surface area contributed by atoms with Gasteiger partial charge in [0.1, 0.15) is 0 Å². The highest BCUT2D eigenvalue weighted by Gasteiger charge is 2.14. The number of fused-ring (bicyclic) bond motifs is 1. The number of hydrogen-bond acceptors (Lipinski definition) is 3. The Morgan fingerprint density at radius 3 is 2.72 bits per heavy atom. The van der Waals surface area contributed by atoms with Crippen molar-refractivity contribution in [3.8, 4) is 0 Å². The van der Waals surface area contributed by atoms with Gasteiger partial charge in [-0.15, -0.1) is 0 Å². The Hall–Kier alpha value is -2.20. The molecule has 0 fully saturated rings. The van der Waals surface area contributed by atoms with Crippen molar-refractivity contribution in [2.75, 3.05) is 0 Å². The number of halogens is 1. The smallest absolute Gasteiger partial charge is 0.196 e. The van der Waals surface area contributed by atoms with Gasteiger partial charge in [-0.05, 0) is 24.3 Å². The van der Waals surface area contributed by atoms with Gasteiger partial charge in [0.15, 0.2) is 5.78 Å². The maximum Gasteiger partial charge on any atom is 0.196 e. The van der Waals surface area contributed by atoms with E-state index < -0.39 is 0 Å². The van der Waals surface area contributed by atoms with Crippen LogP contribution in [0, 0.1) is 0 Å². The highest BCUT2D eigenvalue weighted by atomic mass is 35.5. The van der Waals surface area contributed by atoms with Crippen LogP contribution in [0.3, 0.4) is 0 Å². The second-order valence-corrected chi connectivity index (χ2v) is 4.24. The minimum atomic E-state index is -0.0883. The molecule has 0 atom stereocenters. The standard InChI is InChI=1S/C13H8ClN3O/c14-10-3-1-9(2-4-10)13(18)11-7-16-17-6-5-15-8-12(11)17/h1-8H. The lowest BCUT2D eigenvalue weighted by molar-refractivity contribution is 0.104. The molecule has 0 aliphatic rings. The van der Waals surface area contributed by atoms with Crippen molar-refractivity contribution in [1.82, 2.24) is 14.6 Å². The van der Waals surface area contributed by atoms with E-state index in [1.807, 2.05) is 0 Å². The van der Waals surface area contributed by atoms with E-state index >= 15 is 0 Å². The molecule has 1 aromatic carbocycles. The van der Waals surface area contributed by atoms with Crippen LogP contribution in [0.5, 0.6) is 0 Å². The van der Waals surface area contributed by atoms with Crippen LogP contribution in [0.4, 0.5) is 0 Å². The first-order valence-corrected chi connectivity index (χ1v) is 5.71. The van der Waals surface area contributed by atoms with Crippen LogP contribution in [0.1, 0.15) is 15.9 Å². The SMILES string of the molecule is O=C(c1ccc(Cl)cc1)c1cnn2ccncc12. The predicted molar refractivity (Wildman–Crippen MR) is 67.9 cm³/mol. The average Bonchev–Trinajstić information content (AvgIpc) is 2.82. The molecule has 3 aromatic rings. The molecule has 3 rings (SSSR count). The van der Waals surface area contributed by atoms with Gasteiger partial charge in [-0.1, -0.05) is 11.6 Å². The molecule has 0 spiro atoms. The number of carbonyl (C=O) groups excluding carboxylic acids is 1. The highest BCUT2D eigenvalue weighted by Crippen LogP contribution is 2.16. The lowest BCUT2D eigenvalue weighted by atomic mass is 10.1. The van der Waals surface area contributed by atoms with Crippen molar-refractivity contribution in [1.29, 1.82) is 0 Å². The molecule has 0 bridgehead atoms. The summed E-state index contributed by atoms with van der Waals surface area (Å²) < 4.78 is 1.62. The summed E-state index contributed by atoms with van der Waals surface area (Å²) in [6.45, 7) is 0. The Kier molecular flexibility index (Phi) is 2.57. The quantitative estimate of drug-likeness (QED) is 0.663. The summed E-state index contributed by atoms with van der Waals surface area (Å²) in [6.07, 6.45) is 6.49. The normalized spacial score (nSPS) is 10.7. The Labute approximate surface area is 108 Å². The van der Waals surface area contributed by atoms with E-state index in [0.717, 1.165) is 0 Å². The van der Waals surface area contributed by atoms with Gasteiger partial charge in [0.25, 0.3) is 0 Å². The molecule has 2 heterocycles. The Balaban J connectivity index is 2.09. The van der Waals surface area contributed by atoms with Gasteiger partial charge in [-0.2, -0.15) is 5.10 Å². The fourth-order valence-electron chi connectivity index (χ4n) is 1.77. The van der Waals surface area contributed by atoms with Crippen LogP contribution in [0.2, 0.25) is 5.02 Å². The lowest BCUT2D eigenvalue weighted by Crippen LogP contribution is -2.00. The highest BCUT2D eigenvalue weighted by molar-refractivity contribution is 6.30. The molecule has 5 heteroatoms. The summed E-state index contributed by atoms with van der Waals surface area (Å²) in [5, 5.41) is 4.72. The summed E-state index contributed by atoms with van der Waals surface area (Å²) in [5.41, 5.74) is 1.81. The zero-order chi connectivity index (χ0) is 12.5. The van der Waals surface area contributed by atoms with Crippen molar-refractivity contribution in [2.24, 2.45) is 0 Å². The largest absolute Gasteiger partial charge is 0.288 e. The summed E-state index contributed by atoms with van der Waals surface area (Å²) in [7, 11) is 0. The summed E-state index contributed by atoms with van der Waals surface area (Å²) >= 11 is 5.80. The van der Waals surface area contributed by atoms with E-state index in [2.05, 4.69) is 10.1 Å². The average molecular weight is 258 g/mol. The van der Waals surface area contributed by atoms with Gasteiger partial charge < -0.3 is 0 Å². The first kappa shape index (κ1) is 10.9. The zero-order valence-corrected chi connectivity index (χ0v) is 10.0. The molecule has 0 saturated heterocycles. The topological polar surface area (TPSA) is 47.3 Å². The van der Waals surface area contributed by atoms with E-state index in [4.69, 9.17) is 11.6 Å². The molecular weight excluding hydrogens is 250 g/mol. The molecule has 18 heavy (non-hydrogen) atoms. The number of benzene rings is 1. The maximum atomic E-state index is 12.3. The molecule has 0 saturated carbocycles. The Bertz CT molecular complexity index is 718. The van der Waals surface area contributed by atoms with Gasteiger partial charge in [0, 0.05) is 23.0 Å². The van der Waals surface area contributed by atoms with Gasteiger partial charge in [0.05, 0.1) is 23.5 Å². The Morgan fingerprint density at radius 2 is 1.94 bits per heavy atom. The first-order chi connectivity index (χ1) is 8.75. The number of nitrogens with zero attached hydrogens (tertiary/aromatic N) is 3. The fourth-order valence-corrected chi connectivity index (χ4v) is 1.89. The molecule has 2 aromatic heterocycles. The number of ketones is 1. The number of rotatable bonds is 2. The summed E-state index contributed by atoms with van der Waals surface area (Å²) in [5.74, 6) is -0.0883. The van der Waals surface area contributed by atoms with Crippen LogP contribution in [0.25, 0.3) is 5.52 Å². The van der Waals surface area contributed by atoms with Gasteiger partial charge in [0.2, 0.25) is 0 Å². The fraction of sp³-hybridized carbons (Fsp3) is 0. The van der Waals surface area contributed by atoms with Crippen LogP contribution >= 0.6 is 11.6 Å². The molecule has 0 radical (unpaired) electrons. The van der Waals surface area contributed by atoms with E-state index in [-0.39, 0.29) is 5.78 Å². The molecule has 0 unspecified atom stereocenters. The monoisotopic (exact) mass is 257 g/mol. The molecule has 4 nitrogen and oxygen atoms in total. The molecule has 0 aliphatic carbocycles. The van der Waals surface area contributed by atoms with Crippen molar-refractivity contribution in [3.63, 3.8) is 0 Å². The van der Waals surface area contributed by atoms with Crippen molar-refractivity contribution >= 4 is 22.9 Å². The van der Waals surface area contributed by atoms with Crippen LogP contribution in [-0.4, -0.2) is 20.4 Å². The predicted octanol–water partition coefficient (Wildman–Crippen LogP) is 2.61. The minimum Gasteiger partial charge on any atom is -0.288 e. The number of aromatic nitrogens is 3. The third kappa shape index (κ3) is 1.76. The second kappa shape index (κ2) is 4.23. The molecular formula is C13H8ClN3O.